The van der Waals surface area contributed by atoms with E-state index >= 15 is 0 Å². The summed E-state index contributed by atoms with van der Waals surface area (Å²) in [7, 11) is 0. The summed E-state index contributed by atoms with van der Waals surface area (Å²) in [6, 6.07) is 8.97. The van der Waals surface area contributed by atoms with Gasteiger partial charge in [-0.3, -0.25) is 0 Å². The minimum atomic E-state index is -0.363. The van der Waals surface area contributed by atoms with Gasteiger partial charge in [-0.2, -0.15) is 0 Å². The first kappa shape index (κ1) is 16.7. The molecule has 0 aliphatic carbocycles. The van der Waals surface area contributed by atoms with Crippen LogP contribution in [0.5, 0.6) is 0 Å². The average molecular weight is 314 g/mol. The van der Waals surface area contributed by atoms with E-state index < -0.39 is 0 Å². The molecule has 0 bridgehead atoms. The highest BCUT2D eigenvalue weighted by molar-refractivity contribution is 5.96. The molecule has 2 rings (SSSR count). The van der Waals surface area contributed by atoms with Crippen LogP contribution in [0.1, 0.15) is 38.1 Å². The zero-order chi connectivity index (χ0) is 16.9. The molecule has 2 N–H and O–H groups in total. The molecule has 0 atom stereocenters. The fraction of sp³-hybridized carbons (Fsp3) is 0.353. The van der Waals surface area contributed by atoms with E-state index in [1.807, 2.05) is 12.1 Å². The minimum Gasteiger partial charge on any atom is -0.462 e. The Bertz CT molecular complexity index is 680. The van der Waals surface area contributed by atoms with Gasteiger partial charge in [0, 0.05) is 11.6 Å². The molecule has 23 heavy (non-hydrogen) atoms. The topological polar surface area (TPSA) is 76.1 Å². The van der Waals surface area contributed by atoms with Gasteiger partial charge in [0.15, 0.2) is 0 Å². The van der Waals surface area contributed by atoms with E-state index in [1.54, 1.807) is 25.1 Å². The molecule has 6 heteroatoms. The quantitative estimate of drug-likeness (QED) is 0.821. The van der Waals surface area contributed by atoms with Gasteiger partial charge in [0.1, 0.15) is 18.0 Å². The molecule has 1 aromatic heterocycles. The maximum Gasteiger partial charge on any atom is 0.340 e. The third-order valence-corrected chi connectivity index (χ3v) is 2.86. The van der Waals surface area contributed by atoms with Gasteiger partial charge in [-0.05, 0) is 39.8 Å². The highest BCUT2D eigenvalue weighted by atomic mass is 16.5. The number of hydrogen-bond donors (Lipinski definition) is 2. The molecule has 0 radical (unpaired) electrons. The summed E-state index contributed by atoms with van der Waals surface area (Å²) < 4.78 is 5.07. The van der Waals surface area contributed by atoms with Crippen molar-refractivity contribution in [2.45, 2.75) is 33.2 Å². The first-order valence-electron chi connectivity index (χ1n) is 7.52. The van der Waals surface area contributed by atoms with Crippen molar-refractivity contribution in [3.63, 3.8) is 0 Å². The van der Waals surface area contributed by atoms with Gasteiger partial charge in [0.25, 0.3) is 0 Å². The molecule has 0 amide bonds. The van der Waals surface area contributed by atoms with E-state index in [1.165, 1.54) is 6.33 Å². The average Bonchev–Trinajstić information content (AvgIpc) is 2.46. The Kier molecular flexibility index (Phi) is 5.16. The summed E-state index contributed by atoms with van der Waals surface area (Å²) in [5, 5.41) is 6.43. The van der Waals surface area contributed by atoms with Gasteiger partial charge in [0.2, 0.25) is 0 Å². The van der Waals surface area contributed by atoms with Gasteiger partial charge in [-0.25, -0.2) is 14.8 Å². The number of para-hydroxylation sites is 1. The molecule has 0 unspecified atom stereocenters. The summed E-state index contributed by atoms with van der Waals surface area (Å²) in [6.07, 6.45) is 1.48. The molecule has 122 valence electrons. The summed E-state index contributed by atoms with van der Waals surface area (Å²) >= 11 is 0. The van der Waals surface area contributed by atoms with E-state index in [9.17, 15) is 4.79 Å². The molecule has 2 aromatic rings. The van der Waals surface area contributed by atoms with Crippen LogP contribution in [0.3, 0.4) is 0 Å². The van der Waals surface area contributed by atoms with E-state index in [0.717, 1.165) is 0 Å². The molecule has 1 heterocycles. The lowest BCUT2D eigenvalue weighted by molar-refractivity contribution is 0.0527. The van der Waals surface area contributed by atoms with E-state index in [4.69, 9.17) is 4.74 Å². The zero-order valence-electron chi connectivity index (χ0n) is 13.9. The first-order chi connectivity index (χ1) is 10.9. The number of esters is 1. The lowest BCUT2D eigenvalue weighted by Gasteiger charge is -2.21. The second kappa shape index (κ2) is 7.09. The van der Waals surface area contributed by atoms with Crippen LogP contribution < -0.4 is 10.6 Å². The van der Waals surface area contributed by atoms with Crippen LogP contribution in [0, 0.1) is 0 Å². The Morgan fingerprint density at radius 3 is 2.57 bits per heavy atom. The fourth-order valence-corrected chi connectivity index (χ4v) is 2.00. The number of hydrogen-bond acceptors (Lipinski definition) is 6. The van der Waals surface area contributed by atoms with Crippen molar-refractivity contribution in [2.24, 2.45) is 0 Å². The lowest BCUT2D eigenvalue weighted by atomic mass is 10.1. The first-order valence-corrected chi connectivity index (χ1v) is 7.52. The molecule has 0 spiro atoms. The number of aromatic nitrogens is 2. The fourth-order valence-electron chi connectivity index (χ4n) is 2.00. The zero-order valence-corrected chi connectivity index (χ0v) is 13.9. The Balaban J connectivity index is 2.23. The van der Waals surface area contributed by atoms with Crippen molar-refractivity contribution in [1.82, 2.24) is 9.97 Å². The Hall–Kier alpha value is -2.63. The number of ether oxygens (including phenoxy) is 1. The van der Waals surface area contributed by atoms with Crippen LogP contribution in [0.4, 0.5) is 17.3 Å². The van der Waals surface area contributed by atoms with E-state index in [0.29, 0.717) is 29.5 Å². The van der Waals surface area contributed by atoms with Crippen molar-refractivity contribution in [2.75, 3.05) is 17.2 Å². The lowest BCUT2D eigenvalue weighted by Crippen LogP contribution is -2.26. The van der Waals surface area contributed by atoms with Crippen molar-refractivity contribution >= 4 is 23.3 Å². The van der Waals surface area contributed by atoms with Crippen LogP contribution >= 0.6 is 0 Å². The highest BCUT2D eigenvalue weighted by Crippen LogP contribution is 2.22. The van der Waals surface area contributed by atoms with Gasteiger partial charge < -0.3 is 15.4 Å². The second-order valence-corrected chi connectivity index (χ2v) is 6.05. The number of carbonyl (C=O) groups excluding carboxylic acids is 1. The minimum absolute atomic E-state index is 0.103. The largest absolute Gasteiger partial charge is 0.462 e. The summed E-state index contributed by atoms with van der Waals surface area (Å²) in [6.45, 7) is 8.28. The molecular formula is C17H22N4O2. The third kappa shape index (κ3) is 4.95. The number of nitrogens with zero attached hydrogens (tertiary/aromatic N) is 2. The van der Waals surface area contributed by atoms with Crippen molar-refractivity contribution in [3.05, 3.63) is 42.2 Å². The summed E-state index contributed by atoms with van der Waals surface area (Å²) in [5.74, 6) is 0.949. The SMILES string of the molecule is CCOC(=O)c1ccccc1Nc1cc(NC(C)(C)C)ncn1. The predicted octanol–water partition coefficient (Wildman–Crippen LogP) is 3.61. The van der Waals surface area contributed by atoms with E-state index in [2.05, 4.69) is 41.4 Å². The molecule has 6 nitrogen and oxygen atoms in total. The summed E-state index contributed by atoms with van der Waals surface area (Å²) in [5.41, 5.74) is 1.01. The summed E-state index contributed by atoms with van der Waals surface area (Å²) in [4.78, 5) is 20.4. The molecule has 0 saturated carbocycles. The maximum atomic E-state index is 12.0. The number of nitrogens with one attached hydrogen (secondary N) is 2. The third-order valence-electron chi connectivity index (χ3n) is 2.86. The maximum absolute atomic E-state index is 12.0. The molecule has 0 aliphatic rings. The smallest absolute Gasteiger partial charge is 0.340 e. The number of rotatable bonds is 5. The molecule has 1 aromatic carbocycles. The van der Waals surface area contributed by atoms with Gasteiger partial charge in [0.05, 0.1) is 17.9 Å². The number of anilines is 3. The number of benzene rings is 1. The molecular weight excluding hydrogens is 292 g/mol. The van der Waals surface area contributed by atoms with Crippen molar-refractivity contribution in [3.8, 4) is 0 Å². The predicted molar refractivity (Wildman–Crippen MR) is 91.1 cm³/mol. The van der Waals surface area contributed by atoms with E-state index in [-0.39, 0.29) is 11.5 Å². The van der Waals surface area contributed by atoms with Crippen LogP contribution in [0.2, 0.25) is 0 Å². The van der Waals surface area contributed by atoms with Crippen molar-refractivity contribution in [1.29, 1.82) is 0 Å². The monoisotopic (exact) mass is 314 g/mol. The van der Waals surface area contributed by atoms with Crippen LogP contribution in [0.15, 0.2) is 36.7 Å². The Labute approximate surface area is 136 Å². The Morgan fingerprint density at radius 1 is 1.17 bits per heavy atom. The molecule has 0 saturated heterocycles. The number of carbonyl (C=O) groups is 1. The van der Waals surface area contributed by atoms with Crippen LogP contribution in [-0.4, -0.2) is 28.1 Å². The van der Waals surface area contributed by atoms with Crippen molar-refractivity contribution < 1.29 is 9.53 Å². The van der Waals surface area contributed by atoms with Gasteiger partial charge in [-0.1, -0.05) is 12.1 Å². The van der Waals surface area contributed by atoms with Crippen LogP contribution in [0.25, 0.3) is 0 Å². The molecule has 0 aliphatic heterocycles. The van der Waals surface area contributed by atoms with Crippen LogP contribution in [-0.2, 0) is 4.74 Å². The highest BCUT2D eigenvalue weighted by Gasteiger charge is 2.14. The Morgan fingerprint density at radius 2 is 1.87 bits per heavy atom. The van der Waals surface area contributed by atoms with Gasteiger partial charge in [-0.15, -0.1) is 0 Å². The second-order valence-electron chi connectivity index (χ2n) is 6.05. The van der Waals surface area contributed by atoms with Gasteiger partial charge >= 0.3 is 5.97 Å². The molecule has 0 fully saturated rings. The normalized spacial score (nSPS) is 11.0. The standard InChI is InChI=1S/C17H22N4O2/c1-5-23-16(22)12-8-6-7-9-13(12)20-14-10-15(19-11-18-14)21-17(2,3)4/h6-11H,5H2,1-4H3,(H2,18,19,20,21).